The van der Waals surface area contributed by atoms with Crippen molar-refractivity contribution < 1.29 is 0 Å². The van der Waals surface area contributed by atoms with Crippen molar-refractivity contribution in [1.29, 1.82) is 0 Å². The Labute approximate surface area is 178 Å². The molecule has 1 radical (unpaired) electrons. The topological polar surface area (TPSA) is 0 Å². The summed E-state index contributed by atoms with van der Waals surface area (Å²) in [5.74, 6) is 0. The summed E-state index contributed by atoms with van der Waals surface area (Å²) in [5, 5.41) is 0. The molecule has 0 N–H and O–H groups in total. The summed E-state index contributed by atoms with van der Waals surface area (Å²) in [5.41, 5.74) is 8.41. The molecule has 0 bridgehead atoms. The van der Waals surface area contributed by atoms with E-state index in [1.54, 1.807) is 4.35 Å². The molecule has 5 rings (SSSR count). The number of allylic oxidation sites excluding steroid dienone is 2. The molecule has 1 heterocycles. The SMILES string of the molecule is c1ccc([C]2=[Ge][CH](c3ccccc3)C(c3ccccc3)=C2c2ccccc2)cc1. The van der Waals surface area contributed by atoms with Crippen LogP contribution in [0.2, 0.25) is 0 Å². The average molecular weight is 430 g/mol. The average Bonchev–Trinajstić information content (AvgIpc) is 3.22. The molecule has 1 aliphatic heterocycles. The van der Waals surface area contributed by atoms with E-state index in [-0.39, 0.29) is 0 Å². The first-order chi connectivity index (χ1) is 14.4. The van der Waals surface area contributed by atoms with Gasteiger partial charge in [-0.25, -0.2) is 0 Å². The number of hydrogen-bond acceptors (Lipinski definition) is 0. The molecule has 137 valence electrons. The van der Waals surface area contributed by atoms with Gasteiger partial charge in [0.25, 0.3) is 0 Å². The molecule has 0 saturated carbocycles. The van der Waals surface area contributed by atoms with Crippen LogP contribution >= 0.6 is 0 Å². The summed E-state index contributed by atoms with van der Waals surface area (Å²) in [6, 6.07) is 44.0. The maximum absolute atomic E-state index is 2.30. The fraction of sp³-hybridized carbons (Fsp3) is 0.0357. The van der Waals surface area contributed by atoms with Gasteiger partial charge < -0.3 is 0 Å². The molecule has 0 saturated heterocycles. The maximum atomic E-state index is 2.30. The van der Waals surface area contributed by atoms with Crippen LogP contribution in [0.25, 0.3) is 11.1 Å². The van der Waals surface area contributed by atoms with Crippen molar-refractivity contribution in [2.24, 2.45) is 0 Å². The van der Waals surface area contributed by atoms with Crippen LogP contribution in [0.1, 0.15) is 27.0 Å². The molecule has 0 aliphatic carbocycles. The van der Waals surface area contributed by atoms with E-state index in [1.165, 1.54) is 33.4 Å². The molecule has 1 aliphatic rings. The fourth-order valence-corrected chi connectivity index (χ4v) is 8.03. The summed E-state index contributed by atoms with van der Waals surface area (Å²) in [7, 11) is 0. The Bertz CT molecular complexity index is 1160. The van der Waals surface area contributed by atoms with Crippen LogP contribution < -0.4 is 0 Å². The third-order valence-electron chi connectivity index (χ3n) is 5.44. The Hall–Kier alpha value is -2.97. The Kier molecular flexibility index (Phi) is 5.10. The van der Waals surface area contributed by atoms with E-state index in [4.69, 9.17) is 0 Å². The van der Waals surface area contributed by atoms with E-state index in [1.807, 2.05) is 0 Å². The van der Waals surface area contributed by atoms with Crippen LogP contribution in [0.4, 0.5) is 0 Å². The first kappa shape index (κ1) is 18.1. The van der Waals surface area contributed by atoms with Crippen LogP contribution in [0.3, 0.4) is 0 Å². The predicted octanol–water partition coefficient (Wildman–Crippen LogP) is 6.28. The van der Waals surface area contributed by atoms with Gasteiger partial charge in [0.2, 0.25) is 0 Å². The summed E-state index contributed by atoms with van der Waals surface area (Å²) >= 11 is -0.407. The zero-order valence-electron chi connectivity index (χ0n) is 16.1. The molecule has 29 heavy (non-hydrogen) atoms. The molecule has 0 aromatic heterocycles. The molecule has 4 aromatic carbocycles. The molecule has 0 spiro atoms. The number of hydrogen-bond donors (Lipinski definition) is 0. The van der Waals surface area contributed by atoms with E-state index in [9.17, 15) is 0 Å². The third kappa shape index (κ3) is 3.57. The second-order valence-electron chi connectivity index (χ2n) is 7.25. The monoisotopic (exact) mass is 431 g/mol. The van der Waals surface area contributed by atoms with Crippen LogP contribution in [0, 0.1) is 0 Å². The molecule has 0 nitrogen and oxygen atoms in total. The van der Waals surface area contributed by atoms with Crippen molar-refractivity contribution in [2.45, 2.75) is 4.75 Å². The second kappa shape index (κ2) is 8.18. The number of rotatable bonds is 4. The summed E-state index contributed by atoms with van der Waals surface area (Å²) in [6.07, 6.45) is 0. The van der Waals surface area contributed by atoms with E-state index >= 15 is 0 Å². The van der Waals surface area contributed by atoms with Crippen LogP contribution in [-0.2, 0) is 0 Å². The molecule has 1 unspecified atom stereocenters. The van der Waals surface area contributed by atoms with Gasteiger partial charge in [-0.2, -0.15) is 0 Å². The Morgan fingerprint density at radius 1 is 0.448 bits per heavy atom. The molecule has 0 fully saturated rings. The van der Waals surface area contributed by atoms with Crippen molar-refractivity contribution in [3.8, 4) is 0 Å². The van der Waals surface area contributed by atoms with Crippen molar-refractivity contribution in [3.63, 3.8) is 0 Å². The molecule has 1 heteroatoms. The molecular formula is C28H21Ge. The van der Waals surface area contributed by atoms with Gasteiger partial charge in [0.15, 0.2) is 0 Å². The van der Waals surface area contributed by atoms with Gasteiger partial charge >= 0.3 is 179 Å². The zero-order valence-corrected chi connectivity index (χ0v) is 18.2. The summed E-state index contributed by atoms with van der Waals surface area (Å²) in [4.78, 5) is 0. The van der Waals surface area contributed by atoms with Crippen molar-refractivity contribution in [2.75, 3.05) is 0 Å². The molecular weight excluding hydrogens is 409 g/mol. The van der Waals surface area contributed by atoms with Crippen LogP contribution in [0.5, 0.6) is 0 Å². The third-order valence-corrected chi connectivity index (χ3v) is 9.09. The van der Waals surface area contributed by atoms with Gasteiger partial charge in [-0.05, 0) is 0 Å². The van der Waals surface area contributed by atoms with E-state index < -0.39 is 15.0 Å². The standard InChI is InChI=1S/C28H21Ge/c1-5-13-21(14-6-1)25-26(22-15-7-2-8-16-22)28(24-19-11-4-12-20-24)29-27(25)23-17-9-3-10-18-23/h1-20,27H. The van der Waals surface area contributed by atoms with Crippen molar-refractivity contribution >= 4 is 30.5 Å². The normalized spacial score (nSPS) is 16.0. The van der Waals surface area contributed by atoms with Gasteiger partial charge in [0.1, 0.15) is 0 Å². The van der Waals surface area contributed by atoms with Gasteiger partial charge in [-0.1, -0.05) is 0 Å². The second-order valence-corrected chi connectivity index (χ2v) is 10.1. The summed E-state index contributed by atoms with van der Waals surface area (Å²) in [6.45, 7) is 0. The van der Waals surface area contributed by atoms with Crippen LogP contribution in [0.15, 0.2) is 121 Å². The van der Waals surface area contributed by atoms with E-state index in [0.717, 1.165) is 0 Å². The first-order valence-corrected chi connectivity index (χ1v) is 12.3. The molecule has 1 atom stereocenters. The van der Waals surface area contributed by atoms with Gasteiger partial charge in [0, 0.05) is 0 Å². The van der Waals surface area contributed by atoms with Gasteiger partial charge in [-0.15, -0.1) is 0 Å². The predicted molar refractivity (Wildman–Crippen MR) is 125 cm³/mol. The van der Waals surface area contributed by atoms with Gasteiger partial charge in [0.05, 0.1) is 0 Å². The summed E-state index contributed by atoms with van der Waals surface area (Å²) < 4.78 is 2.04. The van der Waals surface area contributed by atoms with Gasteiger partial charge in [-0.3, -0.25) is 0 Å². The van der Waals surface area contributed by atoms with Crippen molar-refractivity contribution in [1.82, 2.24) is 0 Å². The zero-order chi connectivity index (χ0) is 19.5. The van der Waals surface area contributed by atoms with E-state index in [2.05, 4.69) is 121 Å². The first-order valence-electron chi connectivity index (χ1n) is 10.0. The van der Waals surface area contributed by atoms with E-state index in [0.29, 0.717) is 4.75 Å². The Morgan fingerprint density at radius 3 is 1.45 bits per heavy atom. The Morgan fingerprint density at radius 2 is 0.897 bits per heavy atom. The quantitative estimate of drug-likeness (QED) is 0.335. The molecule has 0 amide bonds. The fourth-order valence-electron chi connectivity index (χ4n) is 4.13. The number of benzene rings is 4. The minimum absolute atomic E-state index is 0.407. The molecule has 4 aromatic rings. The van der Waals surface area contributed by atoms with Crippen molar-refractivity contribution in [3.05, 3.63) is 144 Å². The Balaban J connectivity index is 1.81. The minimum atomic E-state index is -0.407. The van der Waals surface area contributed by atoms with Crippen LogP contribution in [-0.4, -0.2) is 19.3 Å².